The molecule has 51 heavy (non-hydrogen) atoms. The molecule has 4 unspecified atom stereocenters. The molecule has 0 aromatic carbocycles. The third-order valence-corrected chi connectivity index (χ3v) is 10.1. The summed E-state index contributed by atoms with van der Waals surface area (Å²) in [4.78, 5) is 12.5. The van der Waals surface area contributed by atoms with E-state index in [1.54, 1.807) is 0 Å². The number of hydrogen-bond donors (Lipinski definition) is 5. The van der Waals surface area contributed by atoms with Gasteiger partial charge in [0.25, 0.3) is 0 Å². The molecule has 0 saturated heterocycles. The molecule has 0 radical (unpaired) electrons. The first kappa shape index (κ1) is 49.5. The van der Waals surface area contributed by atoms with Gasteiger partial charge in [0.15, 0.2) is 0 Å². The molecule has 4 atom stereocenters. The van der Waals surface area contributed by atoms with E-state index in [1.165, 1.54) is 128 Å². The largest absolute Gasteiger partial charge is 0.394 e. The van der Waals surface area contributed by atoms with Crippen molar-refractivity contribution in [1.82, 2.24) is 5.32 Å². The minimum absolute atomic E-state index is 0.353. The quantitative estimate of drug-likeness (QED) is 0.0321. The molecule has 0 heterocycles. The Balaban J connectivity index is 3.83. The number of rotatable bonds is 39. The third kappa shape index (κ3) is 34.1. The second kappa shape index (κ2) is 39.7. The highest BCUT2D eigenvalue weighted by Gasteiger charge is 2.28. The second-order valence-corrected chi connectivity index (χ2v) is 15.0. The number of hydrogen-bond acceptors (Lipinski definition) is 5. The number of nitrogens with one attached hydrogen (secondary N) is 1. The molecule has 0 saturated carbocycles. The van der Waals surface area contributed by atoms with Crippen molar-refractivity contribution >= 4 is 5.91 Å². The van der Waals surface area contributed by atoms with Crippen LogP contribution in [0, 0.1) is 0 Å². The summed E-state index contributed by atoms with van der Waals surface area (Å²) in [6.07, 6.45) is 46.0. The fourth-order valence-corrected chi connectivity index (χ4v) is 6.53. The molecule has 6 nitrogen and oxygen atoms in total. The summed E-state index contributed by atoms with van der Waals surface area (Å²) in [5.41, 5.74) is 0. The monoisotopic (exact) mass is 720 g/mol. The highest BCUT2D eigenvalue weighted by Crippen LogP contribution is 2.14. The van der Waals surface area contributed by atoms with Crippen LogP contribution in [0.1, 0.15) is 213 Å². The molecule has 0 aromatic heterocycles. The molecule has 0 aliphatic heterocycles. The van der Waals surface area contributed by atoms with Crippen molar-refractivity contribution in [2.45, 2.75) is 237 Å². The standard InChI is InChI=1S/C45H85NO5/c1-3-5-7-9-11-13-15-17-19-21-23-25-27-29-31-33-35-37-39-43(49)45(51)46-41(40-47)44(50)42(48)38-36-34-32-30-28-26-24-22-20-18-16-14-12-10-8-6-4-2/h21-24,30,32,41-44,47-50H,3-20,25-29,31,33-40H2,1-2H3,(H,46,51)/b23-21-,24-22+,32-30+. The zero-order valence-corrected chi connectivity index (χ0v) is 33.6. The van der Waals surface area contributed by atoms with E-state index in [2.05, 4.69) is 55.6 Å². The summed E-state index contributed by atoms with van der Waals surface area (Å²) < 4.78 is 0. The summed E-state index contributed by atoms with van der Waals surface area (Å²) in [6, 6.07) is -1.01. The van der Waals surface area contributed by atoms with Crippen LogP contribution in [0.4, 0.5) is 0 Å². The van der Waals surface area contributed by atoms with Crippen molar-refractivity contribution < 1.29 is 25.2 Å². The van der Waals surface area contributed by atoms with E-state index in [4.69, 9.17) is 0 Å². The molecular weight excluding hydrogens is 634 g/mol. The Hall–Kier alpha value is -1.47. The zero-order valence-electron chi connectivity index (χ0n) is 33.6. The van der Waals surface area contributed by atoms with E-state index in [0.717, 1.165) is 51.4 Å². The molecule has 6 heteroatoms. The van der Waals surface area contributed by atoms with Gasteiger partial charge in [-0.25, -0.2) is 0 Å². The van der Waals surface area contributed by atoms with Crippen LogP contribution in [0.3, 0.4) is 0 Å². The van der Waals surface area contributed by atoms with Gasteiger partial charge < -0.3 is 25.7 Å². The molecule has 0 rings (SSSR count). The first-order valence-electron chi connectivity index (χ1n) is 21.9. The van der Waals surface area contributed by atoms with Gasteiger partial charge in [0, 0.05) is 0 Å². The molecule has 5 N–H and O–H groups in total. The van der Waals surface area contributed by atoms with Crippen LogP contribution in [0.5, 0.6) is 0 Å². The van der Waals surface area contributed by atoms with E-state index in [1.807, 2.05) is 0 Å². The van der Waals surface area contributed by atoms with Gasteiger partial charge in [-0.15, -0.1) is 0 Å². The second-order valence-electron chi connectivity index (χ2n) is 15.0. The Labute approximate surface area is 316 Å². The van der Waals surface area contributed by atoms with Gasteiger partial charge in [-0.3, -0.25) is 4.79 Å². The van der Waals surface area contributed by atoms with E-state index >= 15 is 0 Å². The zero-order chi connectivity index (χ0) is 37.5. The highest BCUT2D eigenvalue weighted by atomic mass is 16.3. The van der Waals surface area contributed by atoms with Crippen LogP contribution < -0.4 is 5.32 Å². The SMILES string of the molecule is CCCCCCCCCC/C=C\CCCCCCCCC(O)C(=O)NC(CO)C(O)C(O)CCC/C=C/CC/C=C/CCCCCCCCCC. The number of aliphatic hydroxyl groups is 4. The first-order valence-corrected chi connectivity index (χ1v) is 21.9. The molecule has 0 fully saturated rings. The Morgan fingerprint density at radius 2 is 0.824 bits per heavy atom. The molecule has 0 aliphatic carbocycles. The fourth-order valence-electron chi connectivity index (χ4n) is 6.53. The van der Waals surface area contributed by atoms with E-state index in [0.29, 0.717) is 19.3 Å². The summed E-state index contributed by atoms with van der Waals surface area (Å²) in [5, 5.41) is 43.6. The molecule has 0 spiro atoms. The Bertz CT molecular complexity index is 812. The molecule has 300 valence electrons. The summed E-state index contributed by atoms with van der Waals surface area (Å²) >= 11 is 0. The molecule has 0 aliphatic rings. The van der Waals surface area contributed by atoms with Crippen LogP contribution in [-0.4, -0.2) is 57.3 Å². The van der Waals surface area contributed by atoms with Gasteiger partial charge in [-0.2, -0.15) is 0 Å². The number of carbonyl (C=O) groups is 1. The lowest BCUT2D eigenvalue weighted by Crippen LogP contribution is -2.53. The summed E-state index contributed by atoms with van der Waals surface area (Å²) in [5.74, 6) is -0.603. The van der Waals surface area contributed by atoms with Crippen molar-refractivity contribution in [3.63, 3.8) is 0 Å². The lowest BCUT2D eigenvalue weighted by molar-refractivity contribution is -0.132. The number of unbranched alkanes of at least 4 members (excludes halogenated alkanes) is 24. The van der Waals surface area contributed by atoms with Crippen LogP contribution in [0.15, 0.2) is 36.5 Å². The number of allylic oxidation sites excluding steroid dienone is 6. The fraction of sp³-hybridized carbons (Fsp3) is 0.844. The predicted octanol–water partition coefficient (Wildman–Crippen LogP) is 11.3. The Kier molecular flexibility index (Phi) is 38.6. The van der Waals surface area contributed by atoms with E-state index < -0.39 is 36.9 Å². The maximum Gasteiger partial charge on any atom is 0.249 e. The van der Waals surface area contributed by atoms with Crippen LogP contribution in [-0.2, 0) is 4.79 Å². The van der Waals surface area contributed by atoms with Crippen molar-refractivity contribution in [3.05, 3.63) is 36.5 Å². The van der Waals surface area contributed by atoms with Gasteiger partial charge in [-0.05, 0) is 77.0 Å². The van der Waals surface area contributed by atoms with Crippen LogP contribution in [0.25, 0.3) is 0 Å². The number of aliphatic hydroxyl groups excluding tert-OH is 4. The van der Waals surface area contributed by atoms with E-state index in [-0.39, 0.29) is 0 Å². The summed E-state index contributed by atoms with van der Waals surface area (Å²) in [7, 11) is 0. The Morgan fingerprint density at radius 3 is 1.24 bits per heavy atom. The van der Waals surface area contributed by atoms with Gasteiger partial charge in [0.2, 0.25) is 5.91 Å². The van der Waals surface area contributed by atoms with Crippen LogP contribution >= 0.6 is 0 Å². The average Bonchev–Trinajstić information content (AvgIpc) is 3.13. The Morgan fingerprint density at radius 1 is 0.471 bits per heavy atom. The van der Waals surface area contributed by atoms with Gasteiger partial charge in [0.05, 0.1) is 18.8 Å². The van der Waals surface area contributed by atoms with Crippen LogP contribution in [0.2, 0.25) is 0 Å². The number of amides is 1. The predicted molar refractivity (Wildman–Crippen MR) is 219 cm³/mol. The third-order valence-electron chi connectivity index (χ3n) is 10.1. The molecule has 0 aromatic rings. The van der Waals surface area contributed by atoms with Crippen molar-refractivity contribution in [3.8, 4) is 0 Å². The topological polar surface area (TPSA) is 110 Å². The lowest BCUT2D eigenvalue weighted by Gasteiger charge is -2.27. The van der Waals surface area contributed by atoms with Gasteiger partial charge in [-0.1, -0.05) is 172 Å². The van der Waals surface area contributed by atoms with Crippen molar-refractivity contribution in [2.24, 2.45) is 0 Å². The molecule has 0 bridgehead atoms. The lowest BCUT2D eigenvalue weighted by atomic mass is 10.00. The number of carbonyl (C=O) groups excluding carboxylic acids is 1. The first-order chi connectivity index (χ1) is 25.0. The average molecular weight is 720 g/mol. The minimum Gasteiger partial charge on any atom is -0.394 e. The normalized spacial score (nSPS) is 14.5. The maximum atomic E-state index is 12.5. The van der Waals surface area contributed by atoms with Crippen molar-refractivity contribution in [2.75, 3.05) is 6.61 Å². The maximum absolute atomic E-state index is 12.5. The van der Waals surface area contributed by atoms with Crippen molar-refractivity contribution in [1.29, 1.82) is 0 Å². The van der Waals surface area contributed by atoms with Gasteiger partial charge >= 0.3 is 0 Å². The smallest absolute Gasteiger partial charge is 0.249 e. The summed E-state index contributed by atoms with van der Waals surface area (Å²) in [6.45, 7) is 4.02. The minimum atomic E-state index is -1.29. The van der Waals surface area contributed by atoms with Gasteiger partial charge in [0.1, 0.15) is 12.2 Å². The molecule has 1 amide bonds. The molecular formula is C45H85NO5. The van der Waals surface area contributed by atoms with E-state index in [9.17, 15) is 25.2 Å². The highest BCUT2D eigenvalue weighted by molar-refractivity contribution is 5.80.